The molecule has 1 heterocycles. The number of nitrogens with one attached hydrogen (secondary N) is 2. The van der Waals surface area contributed by atoms with Crippen molar-refractivity contribution in [1.29, 1.82) is 0 Å². The van der Waals surface area contributed by atoms with Gasteiger partial charge in [-0.15, -0.1) is 0 Å². The first kappa shape index (κ1) is 13.8. The van der Waals surface area contributed by atoms with E-state index < -0.39 is 0 Å². The van der Waals surface area contributed by atoms with Gasteiger partial charge in [0.2, 0.25) is 0 Å². The van der Waals surface area contributed by atoms with Gasteiger partial charge in [0, 0.05) is 6.04 Å². The summed E-state index contributed by atoms with van der Waals surface area (Å²) in [4.78, 5) is 0. The highest BCUT2D eigenvalue weighted by atomic mass is 15.0. The van der Waals surface area contributed by atoms with Gasteiger partial charge in [-0.2, -0.15) is 0 Å². The second-order valence-electron chi connectivity index (χ2n) is 6.20. The van der Waals surface area contributed by atoms with E-state index in [0.717, 1.165) is 17.9 Å². The summed E-state index contributed by atoms with van der Waals surface area (Å²) in [6.45, 7) is 5.92. The Kier molecular flexibility index (Phi) is 4.54. The first-order valence-corrected chi connectivity index (χ1v) is 8.06. The summed E-state index contributed by atoms with van der Waals surface area (Å²) in [5, 5.41) is 7.08. The molecule has 1 aromatic rings. The van der Waals surface area contributed by atoms with Gasteiger partial charge in [-0.1, -0.05) is 48.9 Å². The molecule has 2 heteroatoms. The average Bonchev–Trinajstić information content (AvgIpc) is 3.19. The zero-order chi connectivity index (χ0) is 13.8. The molecule has 2 atom stereocenters. The van der Waals surface area contributed by atoms with Crippen LogP contribution in [0, 0.1) is 11.8 Å². The minimum atomic E-state index is 0.734. The van der Waals surface area contributed by atoms with Crippen molar-refractivity contribution in [2.45, 2.75) is 32.2 Å². The lowest BCUT2D eigenvalue weighted by molar-refractivity contribution is 0.321. The summed E-state index contributed by atoms with van der Waals surface area (Å²) in [5.74, 6) is 1.70. The number of rotatable bonds is 7. The second-order valence-corrected chi connectivity index (χ2v) is 6.20. The van der Waals surface area contributed by atoms with Gasteiger partial charge < -0.3 is 10.6 Å². The first-order valence-electron chi connectivity index (χ1n) is 8.06. The predicted molar refractivity (Wildman–Crippen MR) is 85.6 cm³/mol. The lowest BCUT2D eigenvalue weighted by atomic mass is 9.99. The Balaban J connectivity index is 1.47. The molecule has 2 fully saturated rings. The molecule has 1 saturated heterocycles. The summed E-state index contributed by atoms with van der Waals surface area (Å²) >= 11 is 0. The van der Waals surface area contributed by atoms with Crippen molar-refractivity contribution in [2.24, 2.45) is 11.8 Å². The molecular formula is C18H26N2. The Morgan fingerprint density at radius 3 is 2.75 bits per heavy atom. The molecule has 2 N–H and O–H groups in total. The SMILES string of the molecule is CC/C(=C\c1ccccc1)[C@@H]1C[C@H]1NCCC1CNC1. The van der Waals surface area contributed by atoms with Crippen LogP contribution in [0.15, 0.2) is 35.9 Å². The van der Waals surface area contributed by atoms with Crippen molar-refractivity contribution in [3.05, 3.63) is 41.5 Å². The molecule has 3 rings (SSSR count). The molecule has 2 aliphatic rings. The fraction of sp³-hybridized carbons (Fsp3) is 0.556. The van der Waals surface area contributed by atoms with E-state index in [1.807, 2.05) is 0 Å². The van der Waals surface area contributed by atoms with Crippen LogP contribution < -0.4 is 10.6 Å². The van der Waals surface area contributed by atoms with E-state index >= 15 is 0 Å². The summed E-state index contributed by atoms with van der Waals surface area (Å²) in [7, 11) is 0. The van der Waals surface area contributed by atoms with Crippen LogP contribution in [-0.4, -0.2) is 25.7 Å². The highest BCUT2D eigenvalue weighted by Crippen LogP contribution is 2.39. The van der Waals surface area contributed by atoms with Gasteiger partial charge in [-0.25, -0.2) is 0 Å². The minimum Gasteiger partial charge on any atom is -0.316 e. The molecule has 1 aliphatic heterocycles. The topological polar surface area (TPSA) is 24.1 Å². The van der Waals surface area contributed by atoms with Gasteiger partial charge in [-0.3, -0.25) is 0 Å². The van der Waals surface area contributed by atoms with Gasteiger partial charge in [0.25, 0.3) is 0 Å². The Hall–Kier alpha value is -1.12. The molecular weight excluding hydrogens is 244 g/mol. The largest absolute Gasteiger partial charge is 0.316 e. The summed E-state index contributed by atoms with van der Waals surface area (Å²) in [6, 6.07) is 11.5. The molecule has 20 heavy (non-hydrogen) atoms. The maximum atomic E-state index is 3.74. The fourth-order valence-corrected chi connectivity index (χ4v) is 3.09. The van der Waals surface area contributed by atoms with E-state index in [-0.39, 0.29) is 0 Å². The number of benzene rings is 1. The monoisotopic (exact) mass is 270 g/mol. The van der Waals surface area contributed by atoms with Crippen LogP contribution in [0.3, 0.4) is 0 Å². The zero-order valence-corrected chi connectivity index (χ0v) is 12.4. The molecule has 108 valence electrons. The first-order chi connectivity index (χ1) is 9.86. The molecule has 0 bridgehead atoms. The smallest absolute Gasteiger partial charge is 0.0139 e. The highest BCUT2D eigenvalue weighted by Gasteiger charge is 2.38. The van der Waals surface area contributed by atoms with Gasteiger partial charge in [0.15, 0.2) is 0 Å². The highest BCUT2D eigenvalue weighted by molar-refractivity contribution is 5.54. The average molecular weight is 270 g/mol. The molecule has 0 unspecified atom stereocenters. The molecule has 0 aromatic heterocycles. The maximum absolute atomic E-state index is 3.74. The van der Waals surface area contributed by atoms with E-state index in [0.29, 0.717) is 0 Å². The van der Waals surface area contributed by atoms with E-state index in [1.165, 1.54) is 44.5 Å². The Morgan fingerprint density at radius 1 is 1.30 bits per heavy atom. The third-order valence-electron chi connectivity index (χ3n) is 4.65. The normalized spacial score (nSPS) is 26.4. The van der Waals surface area contributed by atoms with Crippen LogP contribution in [0.25, 0.3) is 6.08 Å². The van der Waals surface area contributed by atoms with Crippen LogP contribution in [0.5, 0.6) is 0 Å². The molecule has 1 saturated carbocycles. The van der Waals surface area contributed by atoms with Gasteiger partial charge in [0.05, 0.1) is 0 Å². The van der Waals surface area contributed by atoms with Crippen molar-refractivity contribution >= 4 is 6.08 Å². The molecule has 1 aliphatic carbocycles. The van der Waals surface area contributed by atoms with Crippen molar-refractivity contribution in [3.63, 3.8) is 0 Å². The third kappa shape index (κ3) is 3.50. The quantitative estimate of drug-likeness (QED) is 0.795. The van der Waals surface area contributed by atoms with E-state index in [2.05, 4.69) is 54.0 Å². The molecule has 2 nitrogen and oxygen atoms in total. The van der Waals surface area contributed by atoms with Crippen LogP contribution in [0.1, 0.15) is 31.7 Å². The summed E-state index contributed by atoms with van der Waals surface area (Å²) in [6.07, 6.45) is 6.22. The molecule has 0 spiro atoms. The molecule has 0 amide bonds. The summed E-state index contributed by atoms with van der Waals surface area (Å²) in [5.41, 5.74) is 2.95. The van der Waals surface area contributed by atoms with Crippen molar-refractivity contribution < 1.29 is 0 Å². The number of hydrogen-bond donors (Lipinski definition) is 2. The lowest BCUT2D eigenvalue weighted by Gasteiger charge is -2.27. The van der Waals surface area contributed by atoms with Gasteiger partial charge in [-0.05, 0) is 56.3 Å². The molecule has 1 aromatic carbocycles. The predicted octanol–water partition coefficient (Wildman–Crippen LogP) is 3.07. The second kappa shape index (κ2) is 6.55. The minimum absolute atomic E-state index is 0.734. The lowest BCUT2D eigenvalue weighted by Crippen LogP contribution is -2.43. The fourth-order valence-electron chi connectivity index (χ4n) is 3.09. The Labute approximate surface area is 122 Å². The van der Waals surface area contributed by atoms with Crippen LogP contribution >= 0.6 is 0 Å². The van der Waals surface area contributed by atoms with Crippen molar-refractivity contribution in [1.82, 2.24) is 10.6 Å². The van der Waals surface area contributed by atoms with Crippen molar-refractivity contribution in [2.75, 3.05) is 19.6 Å². The Bertz CT molecular complexity index is 448. The van der Waals surface area contributed by atoms with Gasteiger partial charge >= 0.3 is 0 Å². The van der Waals surface area contributed by atoms with Crippen LogP contribution in [0.2, 0.25) is 0 Å². The summed E-state index contributed by atoms with van der Waals surface area (Å²) < 4.78 is 0. The van der Waals surface area contributed by atoms with Gasteiger partial charge in [0.1, 0.15) is 0 Å². The standard InChI is InChI=1S/C18H26N2/c1-2-16(10-14-6-4-3-5-7-14)17-11-18(17)20-9-8-15-12-19-13-15/h3-7,10,15,17-20H,2,8-9,11-13H2,1H3/b16-10+/t17-,18+/m0/s1. The van der Waals surface area contributed by atoms with E-state index in [1.54, 1.807) is 5.57 Å². The van der Waals surface area contributed by atoms with Crippen LogP contribution in [-0.2, 0) is 0 Å². The van der Waals surface area contributed by atoms with Crippen LogP contribution in [0.4, 0.5) is 0 Å². The molecule has 0 radical (unpaired) electrons. The van der Waals surface area contributed by atoms with E-state index in [9.17, 15) is 0 Å². The Morgan fingerprint density at radius 2 is 2.10 bits per heavy atom. The maximum Gasteiger partial charge on any atom is 0.0139 e. The van der Waals surface area contributed by atoms with E-state index in [4.69, 9.17) is 0 Å². The zero-order valence-electron chi connectivity index (χ0n) is 12.4. The third-order valence-corrected chi connectivity index (χ3v) is 4.65. The number of hydrogen-bond acceptors (Lipinski definition) is 2. The van der Waals surface area contributed by atoms with Crippen molar-refractivity contribution in [3.8, 4) is 0 Å².